The van der Waals surface area contributed by atoms with Gasteiger partial charge in [-0.3, -0.25) is 4.79 Å². The highest BCUT2D eigenvalue weighted by Crippen LogP contribution is 2.45. The van der Waals surface area contributed by atoms with Crippen molar-refractivity contribution in [2.45, 2.75) is 85.5 Å². The third kappa shape index (κ3) is 7.91. The molecular formula is C30H44N2O5. The van der Waals surface area contributed by atoms with E-state index in [-0.39, 0.29) is 23.9 Å². The third-order valence-electron chi connectivity index (χ3n) is 7.62. The van der Waals surface area contributed by atoms with E-state index in [1.165, 1.54) is 11.6 Å². The van der Waals surface area contributed by atoms with Gasteiger partial charge in [-0.15, -0.1) is 0 Å². The first-order valence-electron chi connectivity index (χ1n) is 13.4. The van der Waals surface area contributed by atoms with E-state index < -0.39 is 23.6 Å². The smallest absolute Gasteiger partial charge is 0.331 e. The van der Waals surface area contributed by atoms with Crippen molar-refractivity contribution in [1.82, 2.24) is 9.55 Å². The van der Waals surface area contributed by atoms with Gasteiger partial charge in [0.15, 0.2) is 0 Å². The zero-order valence-corrected chi connectivity index (χ0v) is 23.4. The number of aliphatic hydroxyl groups is 1. The Morgan fingerprint density at radius 3 is 2.54 bits per heavy atom. The Labute approximate surface area is 221 Å². The second kappa shape index (κ2) is 12.2. The molecule has 0 spiro atoms. The standard InChI is InChI=1S/C30H44N2O5/c1-19(2)23-13-11-20(3)24-15-22(36-28(34)14-12-21-17-32(7)18-31-21)9-8-10-26(33)27(16-25(23)24)37-29(35)30(4,5)6/h8,10-12,14,17-19,22-27,33H,9,13,15-16H2,1-7H3/t22-,23-,24+,25-,26+,27+/m1/s1. The number of carbonyl (C=O) groups excluding carboxylic acids is 2. The highest BCUT2D eigenvalue weighted by molar-refractivity contribution is 5.86. The van der Waals surface area contributed by atoms with E-state index in [0.29, 0.717) is 36.8 Å². The van der Waals surface area contributed by atoms with Gasteiger partial charge in [-0.25, -0.2) is 9.78 Å². The number of hydrogen-bond donors (Lipinski definition) is 1. The molecule has 0 saturated heterocycles. The summed E-state index contributed by atoms with van der Waals surface area (Å²) in [5.74, 6) is 0.430. The van der Waals surface area contributed by atoms with E-state index in [1.54, 1.807) is 18.5 Å². The van der Waals surface area contributed by atoms with Crippen LogP contribution in [-0.4, -0.2) is 44.9 Å². The van der Waals surface area contributed by atoms with E-state index in [0.717, 1.165) is 6.42 Å². The number of fused-ring (bicyclic) bond motifs is 1. The second-order valence-corrected chi connectivity index (χ2v) is 12.0. The molecule has 0 aliphatic heterocycles. The van der Waals surface area contributed by atoms with Crippen LogP contribution in [0.4, 0.5) is 0 Å². The molecule has 0 aromatic carbocycles. The van der Waals surface area contributed by atoms with Gasteiger partial charge < -0.3 is 19.1 Å². The molecule has 2 aliphatic rings. The summed E-state index contributed by atoms with van der Waals surface area (Å²) in [6, 6.07) is 0. The van der Waals surface area contributed by atoms with Crippen molar-refractivity contribution in [2.24, 2.45) is 36.1 Å². The largest absolute Gasteiger partial charge is 0.459 e. The fourth-order valence-corrected chi connectivity index (χ4v) is 5.44. The highest BCUT2D eigenvalue weighted by Gasteiger charge is 2.41. The maximum Gasteiger partial charge on any atom is 0.331 e. The van der Waals surface area contributed by atoms with Crippen molar-refractivity contribution in [2.75, 3.05) is 0 Å². The van der Waals surface area contributed by atoms with Crippen LogP contribution in [0.5, 0.6) is 0 Å². The van der Waals surface area contributed by atoms with E-state index in [9.17, 15) is 14.7 Å². The minimum absolute atomic E-state index is 0.160. The molecular weight excluding hydrogens is 468 g/mol. The van der Waals surface area contributed by atoms with E-state index in [2.05, 4.69) is 31.8 Å². The SMILES string of the molecule is CC1=CC[C@H](C(C)C)[C@H]2C[C@H](OC(=O)C(C)(C)C)[C@@H](O)C=CC[C@@H](OC(=O)C=Cc3cn(C)cn3)C[C@@H]12. The summed E-state index contributed by atoms with van der Waals surface area (Å²) in [6.07, 6.45) is 13.2. The maximum atomic E-state index is 12.8. The van der Waals surface area contributed by atoms with E-state index in [4.69, 9.17) is 9.47 Å². The van der Waals surface area contributed by atoms with Crippen molar-refractivity contribution in [1.29, 1.82) is 0 Å². The van der Waals surface area contributed by atoms with Crippen molar-refractivity contribution in [3.8, 4) is 0 Å². The molecule has 0 saturated carbocycles. The number of aryl methyl sites for hydroxylation is 1. The Balaban J connectivity index is 1.86. The number of aliphatic hydroxyl groups excluding tert-OH is 1. The Hall–Kier alpha value is -2.67. The van der Waals surface area contributed by atoms with Crippen molar-refractivity contribution in [3.05, 3.63) is 48.1 Å². The van der Waals surface area contributed by atoms with Gasteiger partial charge >= 0.3 is 11.9 Å². The molecule has 0 unspecified atom stereocenters. The normalized spacial score (nSPS) is 29.1. The first-order valence-corrected chi connectivity index (χ1v) is 13.4. The van der Waals surface area contributed by atoms with Gasteiger partial charge in [0.2, 0.25) is 0 Å². The molecule has 7 nitrogen and oxygen atoms in total. The van der Waals surface area contributed by atoms with Crippen LogP contribution in [0.25, 0.3) is 6.08 Å². The van der Waals surface area contributed by atoms with Crippen LogP contribution in [0, 0.1) is 29.1 Å². The van der Waals surface area contributed by atoms with Gasteiger partial charge in [0.05, 0.1) is 17.4 Å². The molecule has 3 rings (SSSR count). The summed E-state index contributed by atoms with van der Waals surface area (Å²) in [5.41, 5.74) is 1.31. The lowest BCUT2D eigenvalue weighted by Crippen LogP contribution is -2.42. The van der Waals surface area contributed by atoms with Gasteiger partial charge in [0, 0.05) is 25.7 Å². The second-order valence-electron chi connectivity index (χ2n) is 12.0. The zero-order valence-electron chi connectivity index (χ0n) is 23.4. The number of aromatic nitrogens is 2. The Bertz CT molecular complexity index is 1030. The molecule has 0 bridgehead atoms. The number of ether oxygens (including phenoxy) is 2. The molecule has 1 heterocycles. The van der Waals surface area contributed by atoms with Gasteiger partial charge in [0.1, 0.15) is 18.3 Å². The molecule has 6 atom stereocenters. The number of esters is 2. The van der Waals surface area contributed by atoms with Crippen molar-refractivity contribution >= 4 is 18.0 Å². The summed E-state index contributed by atoms with van der Waals surface area (Å²) < 4.78 is 13.6. The Morgan fingerprint density at radius 1 is 1.19 bits per heavy atom. The lowest BCUT2D eigenvalue weighted by molar-refractivity contribution is -0.165. The molecule has 7 heteroatoms. The van der Waals surface area contributed by atoms with Gasteiger partial charge in [0.25, 0.3) is 0 Å². The quantitative estimate of drug-likeness (QED) is 0.329. The van der Waals surface area contributed by atoms with E-state index in [1.807, 2.05) is 44.7 Å². The van der Waals surface area contributed by atoms with Gasteiger partial charge in [-0.2, -0.15) is 0 Å². The van der Waals surface area contributed by atoms with Crippen LogP contribution in [0.3, 0.4) is 0 Å². The summed E-state index contributed by atoms with van der Waals surface area (Å²) in [6.45, 7) is 12.1. The molecule has 0 amide bonds. The van der Waals surface area contributed by atoms with Crippen molar-refractivity contribution in [3.63, 3.8) is 0 Å². The topological polar surface area (TPSA) is 90.7 Å². The van der Waals surface area contributed by atoms with E-state index >= 15 is 0 Å². The predicted octanol–water partition coefficient (Wildman–Crippen LogP) is 5.26. The minimum Gasteiger partial charge on any atom is -0.459 e. The molecule has 37 heavy (non-hydrogen) atoms. The first kappa shape index (κ1) is 28.9. The van der Waals surface area contributed by atoms with Crippen LogP contribution < -0.4 is 0 Å². The van der Waals surface area contributed by atoms with Crippen LogP contribution in [0.1, 0.15) is 72.9 Å². The average molecular weight is 513 g/mol. The van der Waals surface area contributed by atoms with Crippen LogP contribution in [0.15, 0.2) is 42.4 Å². The van der Waals surface area contributed by atoms with Crippen LogP contribution in [-0.2, 0) is 26.1 Å². The van der Waals surface area contributed by atoms with Crippen molar-refractivity contribution < 1.29 is 24.2 Å². The minimum atomic E-state index is -0.926. The molecule has 0 radical (unpaired) electrons. The molecule has 1 aromatic rings. The Morgan fingerprint density at radius 2 is 1.92 bits per heavy atom. The molecule has 1 aromatic heterocycles. The summed E-state index contributed by atoms with van der Waals surface area (Å²) in [7, 11) is 1.87. The lowest BCUT2D eigenvalue weighted by Gasteiger charge is -2.43. The molecule has 2 aliphatic carbocycles. The molecule has 204 valence electrons. The fraction of sp³-hybridized carbons (Fsp3) is 0.633. The predicted molar refractivity (Wildman–Crippen MR) is 144 cm³/mol. The number of hydrogen-bond acceptors (Lipinski definition) is 6. The van der Waals surface area contributed by atoms with Gasteiger partial charge in [-0.1, -0.05) is 37.6 Å². The number of allylic oxidation sites excluding steroid dienone is 2. The van der Waals surface area contributed by atoms with Crippen LogP contribution >= 0.6 is 0 Å². The maximum absolute atomic E-state index is 12.8. The van der Waals surface area contributed by atoms with Crippen LogP contribution in [0.2, 0.25) is 0 Å². The third-order valence-corrected chi connectivity index (χ3v) is 7.62. The summed E-state index contributed by atoms with van der Waals surface area (Å²) >= 11 is 0. The fourth-order valence-electron chi connectivity index (χ4n) is 5.44. The Kier molecular flexibility index (Phi) is 9.57. The number of carbonyl (C=O) groups is 2. The summed E-state index contributed by atoms with van der Waals surface area (Å²) in [5, 5.41) is 11.1. The number of imidazole rings is 1. The summed E-state index contributed by atoms with van der Waals surface area (Å²) in [4.78, 5) is 29.7. The average Bonchev–Trinajstić information content (AvgIpc) is 3.23. The first-order chi connectivity index (χ1) is 17.3. The molecule has 0 fully saturated rings. The highest BCUT2D eigenvalue weighted by atomic mass is 16.6. The zero-order chi connectivity index (χ0) is 27.3. The lowest BCUT2D eigenvalue weighted by atomic mass is 9.64. The number of rotatable bonds is 5. The molecule has 1 N–H and O–H groups in total. The monoisotopic (exact) mass is 512 g/mol. The number of nitrogens with zero attached hydrogens (tertiary/aromatic N) is 2. The van der Waals surface area contributed by atoms with Gasteiger partial charge in [-0.05, 0) is 76.7 Å².